The summed E-state index contributed by atoms with van der Waals surface area (Å²) in [4.78, 5) is 3.32. The molecule has 4 rings (SSSR count). The van der Waals surface area contributed by atoms with Crippen molar-refractivity contribution in [3.63, 3.8) is 0 Å². The molecule has 0 fully saturated rings. The molecule has 0 N–H and O–H groups in total. The van der Waals surface area contributed by atoms with Crippen molar-refractivity contribution in [1.82, 2.24) is 14.8 Å². The maximum absolute atomic E-state index is 4.42. The van der Waals surface area contributed by atoms with Gasteiger partial charge in [0.25, 0.3) is 0 Å². The summed E-state index contributed by atoms with van der Waals surface area (Å²) < 4.78 is 2.02. The second-order valence-electron chi connectivity index (χ2n) is 4.27. The van der Waals surface area contributed by atoms with E-state index >= 15 is 0 Å². The minimum atomic E-state index is 0.876. The topological polar surface area (TPSA) is 30.7 Å². The van der Waals surface area contributed by atoms with Crippen molar-refractivity contribution in [3.05, 3.63) is 48.8 Å². The first-order valence-electron chi connectivity index (χ1n) is 5.83. The van der Waals surface area contributed by atoms with Crippen molar-refractivity contribution in [2.24, 2.45) is 0 Å². The molecule has 1 aromatic heterocycles. The largest absolute Gasteiger partial charge is 0.280 e. The highest BCUT2D eigenvalue weighted by Crippen LogP contribution is 2.42. The highest BCUT2D eigenvalue weighted by molar-refractivity contribution is 7.99. The Morgan fingerprint density at radius 2 is 1.95 bits per heavy atom. The Morgan fingerprint density at radius 3 is 2.89 bits per heavy atom. The molecule has 2 aromatic carbocycles. The number of aromatic nitrogens is 3. The Hall–Kier alpha value is -1.72. The molecule has 0 amide bonds. The highest BCUT2D eigenvalue weighted by atomic mass is 32.2. The smallest absolute Gasteiger partial charge is 0.169 e. The monoisotopic (exact) mass is 283 g/mol. The molecule has 0 radical (unpaired) electrons. The van der Waals surface area contributed by atoms with Crippen LogP contribution in [0, 0.1) is 0 Å². The van der Waals surface area contributed by atoms with Gasteiger partial charge in [-0.1, -0.05) is 30.0 Å². The fourth-order valence-electron chi connectivity index (χ4n) is 2.23. The van der Waals surface area contributed by atoms with Gasteiger partial charge in [0, 0.05) is 20.2 Å². The van der Waals surface area contributed by atoms with Crippen LogP contribution in [0.4, 0.5) is 0 Å². The summed E-state index contributed by atoms with van der Waals surface area (Å²) in [6.07, 6.45) is 1.75. The Kier molecular flexibility index (Phi) is 2.43. The molecular weight excluding hydrogens is 274 g/mol. The third-order valence-electron chi connectivity index (χ3n) is 3.10. The maximum atomic E-state index is 4.42. The minimum absolute atomic E-state index is 0.876. The third kappa shape index (κ3) is 1.69. The van der Waals surface area contributed by atoms with Crippen LogP contribution in [0.3, 0.4) is 0 Å². The first-order valence-corrected chi connectivity index (χ1v) is 7.10. The predicted octanol–water partition coefficient (Wildman–Crippen LogP) is 3.69. The van der Waals surface area contributed by atoms with E-state index < -0.39 is 0 Å². The van der Waals surface area contributed by atoms with Gasteiger partial charge < -0.3 is 0 Å². The Bertz CT molecular complexity index is 780. The quantitative estimate of drug-likeness (QED) is 0.499. The Balaban J connectivity index is 2.10. The van der Waals surface area contributed by atoms with Gasteiger partial charge in [0.05, 0.1) is 5.69 Å². The van der Waals surface area contributed by atoms with Gasteiger partial charge in [-0.2, -0.15) is 0 Å². The van der Waals surface area contributed by atoms with E-state index in [0.29, 0.717) is 0 Å². The standard InChI is InChI=1S/C14H9N3S2/c18-9-5-6-13-11(7-9)17-8-15-16-14(17)10-3-1-2-4-12(10)19-13/h1-8,18H. The van der Waals surface area contributed by atoms with Crippen LogP contribution in [0.15, 0.2) is 63.5 Å². The lowest BCUT2D eigenvalue weighted by molar-refractivity contribution is 1.02. The molecule has 2 heterocycles. The van der Waals surface area contributed by atoms with Gasteiger partial charge in [0.1, 0.15) is 6.33 Å². The average molecular weight is 283 g/mol. The average Bonchev–Trinajstić information content (AvgIpc) is 2.86. The second kappa shape index (κ2) is 4.15. The summed E-state index contributed by atoms with van der Waals surface area (Å²) in [5, 5.41) is 8.31. The van der Waals surface area contributed by atoms with E-state index in [4.69, 9.17) is 0 Å². The molecule has 0 saturated carbocycles. The van der Waals surface area contributed by atoms with E-state index in [1.807, 2.05) is 28.8 Å². The molecular formula is C14H9N3S2. The fourth-order valence-corrected chi connectivity index (χ4v) is 3.48. The van der Waals surface area contributed by atoms with E-state index in [-0.39, 0.29) is 0 Å². The van der Waals surface area contributed by atoms with Crippen LogP contribution in [0.5, 0.6) is 0 Å². The SMILES string of the molecule is Sc1ccc2c(c1)-n1cnnc1-c1ccccc1S2. The number of nitrogens with zero attached hydrogens (tertiary/aromatic N) is 3. The molecule has 0 unspecified atom stereocenters. The molecule has 3 nitrogen and oxygen atoms in total. The summed E-state index contributed by atoms with van der Waals surface area (Å²) >= 11 is 6.17. The number of benzene rings is 2. The van der Waals surface area contributed by atoms with Crippen molar-refractivity contribution in [3.8, 4) is 17.1 Å². The van der Waals surface area contributed by atoms with Crippen molar-refractivity contribution >= 4 is 24.4 Å². The van der Waals surface area contributed by atoms with Gasteiger partial charge in [-0.3, -0.25) is 4.57 Å². The van der Waals surface area contributed by atoms with E-state index in [9.17, 15) is 0 Å². The van der Waals surface area contributed by atoms with E-state index in [1.165, 1.54) is 9.79 Å². The third-order valence-corrected chi connectivity index (χ3v) is 4.52. The van der Waals surface area contributed by atoms with E-state index in [1.54, 1.807) is 18.1 Å². The first kappa shape index (κ1) is 11.1. The zero-order valence-corrected chi connectivity index (χ0v) is 11.5. The molecule has 92 valence electrons. The van der Waals surface area contributed by atoms with Crippen LogP contribution in [0.25, 0.3) is 17.1 Å². The predicted molar refractivity (Wildman–Crippen MR) is 78.2 cm³/mol. The zero-order chi connectivity index (χ0) is 12.8. The number of hydrogen-bond donors (Lipinski definition) is 1. The summed E-state index contributed by atoms with van der Waals surface area (Å²) in [6, 6.07) is 14.4. The van der Waals surface area contributed by atoms with Gasteiger partial charge in [-0.25, -0.2) is 0 Å². The van der Waals surface area contributed by atoms with Gasteiger partial charge in [-0.15, -0.1) is 22.8 Å². The molecule has 3 aromatic rings. The van der Waals surface area contributed by atoms with Crippen molar-refractivity contribution in [2.45, 2.75) is 14.7 Å². The van der Waals surface area contributed by atoms with Crippen LogP contribution in [-0.2, 0) is 0 Å². The van der Waals surface area contributed by atoms with Crippen molar-refractivity contribution in [1.29, 1.82) is 0 Å². The molecule has 0 aliphatic carbocycles. The van der Waals surface area contributed by atoms with Gasteiger partial charge in [0.15, 0.2) is 5.82 Å². The highest BCUT2D eigenvalue weighted by Gasteiger charge is 2.20. The van der Waals surface area contributed by atoms with E-state index in [2.05, 4.69) is 41.0 Å². The van der Waals surface area contributed by atoms with Crippen LogP contribution in [0.2, 0.25) is 0 Å². The molecule has 19 heavy (non-hydrogen) atoms. The summed E-state index contributed by atoms with van der Waals surface area (Å²) in [7, 11) is 0. The molecule has 0 saturated heterocycles. The zero-order valence-electron chi connectivity index (χ0n) is 9.82. The number of fused-ring (bicyclic) bond motifs is 5. The molecule has 1 aliphatic rings. The lowest BCUT2D eigenvalue weighted by Crippen LogP contribution is -1.96. The molecule has 0 spiro atoms. The van der Waals surface area contributed by atoms with Crippen molar-refractivity contribution in [2.75, 3.05) is 0 Å². The van der Waals surface area contributed by atoms with Gasteiger partial charge in [-0.05, 0) is 24.3 Å². The summed E-state index contributed by atoms with van der Waals surface area (Å²) in [5.74, 6) is 0.876. The van der Waals surface area contributed by atoms with Crippen LogP contribution >= 0.6 is 24.4 Å². The second-order valence-corrected chi connectivity index (χ2v) is 5.87. The number of rotatable bonds is 0. The molecule has 0 atom stereocenters. The van der Waals surface area contributed by atoms with Gasteiger partial charge in [0.2, 0.25) is 0 Å². The maximum Gasteiger partial charge on any atom is 0.169 e. The lowest BCUT2D eigenvalue weighted by Gasteiger charge is -2.07. The Morgan fingerprint density at radius 1 is 1.05 bits per heavy atom. The summed E-state index contributed by atoms with van der Waals surface area (Å²) in [5.41, 5.74) is 2.19. The normalized spacial score (nSPS) is 12.3. The summed E-state index contributed by atoms with van der Waals surface area (Å²) in [6.45, 7) is 0. The fraction of sp³-hybridized carbons (Fsp3) is 0. The van der Waals surface area contributed by atoms with Crippen LogP contribution < -0.4 is 0 Å². The molecule has 1 aliphatic heterocycles. The van der Waals surface area contributed by atoms with Crippen molar-refractivity contribution < 1.29 is 0 Å². The Labute approximate surface area is 120 Å². The van der Waals surface area contributed by atoms with Crippen LogP contribution in [-0.4, -0.2) is 14.8 Å². The van der Waals surface area contributed by atoms with Gasteiger partial charge >= 0.3 is 0 Å². The first-order chi connectivity index (χ1) is 9.33. The molecule has 0 bridgehead atoms. The van der Waals surface area contributed by atoms with Crippen LogP contribution in [0.1, 0.15) is 0 Å². The minimum Gasteiger partial charge on any atom is -0.280 e. The molecule has 5 heteroatoms. The van der Waals surface area contributed by atoms with E-state index in [0.717, 1.165) is 22.0 Å². The lowest BCUT2D eigenvalue weighted by atomic mass is 10.2. The number of thiol groups is 1. The number of hydrogen-bond acceptors (Lipinski definition) is 4.